The number of benzene rings is 1. The maximum Gasteiger partial charge on any atom is 0.255 e. The van der Waals surface area contributed by atoms with E-state index in [9.17, 15) is 13.6 Å². The Morgan fingerprint density at radius 2 is 2.10 bits per heavy atom. The Bertz CT molecular complexity index is 536. The molecular weight excluding hydrogens is 278 g/mol. The molecule has 1 aromatic carbocycles. The van der Waals surface area contributed by atoms with E-state index in [0.717, 1.165) is 6.07 Å². The second kappa shape index (κ2) is 6.07. The summed E-state index contributed by atoms with van der Waals surface area (Å²) in [5.41, 5.74) is -0.226. The van der Waals surface area contributed by atoms with Gasteiger partial charge in [-0.3, -0.25) is 9.69 Å². The minimum absolute atomic E-state index is 0.0995. The molecule has 1 aromatic rings. The maximum atomic E-state index is 13.2. The Morgan fingerprint density at radius 3 is 2.71 bits per heavy atom. The highest BCUT2D eigenvalue weighted by atomic mass is 19.2. The summed E-state index contributed by atoms with van der Waals surface area (Å²) in [5.74, 6) is -1.81. The number of rotatable bonds is 3. The van der Waals surface area contributed by atoms with Crippen LogP contribution in [-0.2, 0) is 16.1 Å². The van der Waals surface area contributed by atoms with Crippen molar-refractivity contribution in [1.29, 1.82) is 0 Å². The first-order chi connectivity index (χ1) is 9.82. The van der Waals surface area contributed by atoms with Crippen LogP contribution in [0.15, 0.2) is 18.2 Å². The normalized spacial score (nSPS) is 23.1. The molecule has 0 aliphatic carbocycles. The highest BCUT2D eigenvalue weighted by Crippen LogP contribution is 2.21. The smallest absolute Gasteiger partial charge is 0.255 e. The molecule has 0 N–H and O–H groups in total. The van der Waals surface area contributed by atoms with Crippen molar-refractivity contribution in [3.63, 3.8) is 0 Å². The molecule has 1 heterocycles. The van der Waals surface area contributed by atoms with Gasteiger partial charge in [-0.1, -0.05) is 6.07 Å². The first-order valence-electron chi connectivity index (χ1n) is 6.84. The van der Waals surface area contributed by atoms with Crippen LogP contribution in [0.25, 0.3) is 0 Å². The predicted octanol–water partition coefficient (Wildman–Crippen LogP) is 1.64. The van der Waals surface area contributed by atoms with Crippen molar-refractivity contribution in [3.8, 4) is 0 Å². The van der Waals surface area contributed by atoms with Gasteiger partial charge in [-0.05, 0) is 24.6 Å². The van der Waals surface area contributed by atoms with Crippen molar-refractivity contribution in [1.82, 2.24) is 9.80 Å². The van der Waals surface area contributed by atoms with Crippen molar-refractivity contribution >= 4 is 5.91 Å². The van der Waals surface area contributed by atoms with E-state index in [2.05, 4.69) is 0 Å². The van der Waals surface area contributed by atoms with Crippen LogP contribution in [0.2, 0.25) is 0 Å². The first-order valence-corrected chi connectivity index (χ1v) is 6.84. The molecule has 1 amide bonds. The summed E-state index contributed by atoms with van der Waals surface area (Å²) in [7, 11) is 3.37. The average molecular weight is 298 g/mol. The van der Waals surface area contributed by atoms with Crippen LogP contribution in [0, 0.1) is 11.6 Å². The van der Waals surface area contributed by atoms with Gasteiger partial charge in [-0.15, -0.1) is 0 Å². The monoisotopic (exact) mass is 298 g/mol. The van der Waals surface area contributed by atoms with Crippen LogP contribution in [0.1, 0.15) is 12.5 Å². The summed E-state index contributed by atoms with van der Waals surface area (Å²) in [6, 6.07) is 3.87. The molecule has 0 saturated carbocycles. The average Bonchev–Trinajstić information content (AvgIpc) is 2.42. The first kappa shape index (κ1) is 15.9. The molecule has 1 aliphatic heterocycles. The molecule has 1 saturated heterocycles. The number of ether oxygens (including phenoxy) is 1. The SMILES string of the molecule is CN(C)C(=O)[C@@]1(C)CN(Cc2ccc(F)c(F)c2)CCO1. The van der Waals surface area contributed by atoms with Crippen LogP contribution < -0.4 is 0 Å². The van der Waals surface area contributed by atoms with Gasteiger partial charge < -0.3 is 9.64 Å². The Kier molecular flexibility index (Phi) is 4.58. The van der Waals surface area contributed by atoms with Gasteiger partial charge in [0.05, 0.1) is 6.61 Å². The lowest BCUT2D eigenvalue weighted by Crippen LogP contribution is -2.57. The highest BCUT2D eigenvalue weighted by molar-refractivity contribution is 5.84. The van der Waals surface area contributed by atoms with E-state index in [1.807, 2.05) is 4.90 Å². The lowest BCUT2D eigenvalue weighted by atomic mass is 10.0. The van der Waals surface area contributed by atoms with Crippen molar-refractivity contribution in [2.24, 2.45) is 0 Å². The van der Waals surface area contributed by atoms with Gasteiger partial charge in [-0.25, -0.2) is 8.78 Å². The third-order valence-electron chi connectivity index (χ3n) is 3.60. The second-order valence-electron chi connectivity index (χ2n) is 5.74. The number of likely N-dealkylation sites (N-methyl/N-ethyl adjacent to an activating group) is 1. The van der Waals surface area contributed by atoms with Crippen molar-refractivity contribution in [2.45, 2.75) is 19.1 Å². The van der Waals surface area contributed by atoms with Gasteiger partial charge in [-0.2, -0.15) is 0 Å². The topological polar surface area (TPSA) is 32.8 Å². The van der Waals surface area contributed by atoms with Gasteiger partial charge in [0.15, 0.2) is 17.2 Å². The summed E-state index contributed by atoms with van der Waals surface area (Å²) in [4.78, 5) is 15.7. The summed E-state index contributed by atoms with van der Waals surface area (Å²) >= 11 is 0. The minimum Gasteiger partial charge on any atom is -0.363 e. The van der Waals surface area contributed by atoms with E-state index < -0.39 is 17.2 Å². The standard InChI is InChI=1S/C15H20F2N2O2/c1-15(14(20)18(2)3)10-19(6-7-21-15)9-11-4-5-12(16)13(17)8-11/h4-5,8H,6-7,9-10H2,1-3H3/t15-/m1/s1. The molecule has 0 spiro atoms. The zero-order valence-electron chi connectivity index (χ0n) is 12.5. The molecule has 1 fully saturated rings. The van der Waals surface area contributed by atoms with Gasteiger partial charge in [0, 0.05) is 33.7 Å². The lowest BCUT2D eigenvalue weighted by Gasteiger charge is -2.40. The zero-order valence-corrected chi connectivity index (χ0v) is 12.5. The van der Waals surface area contributed by atoms with Crippen LogP contribution in [0.3, 0.4) is 0 Å². The molecule has 4 nitrogen and oxygen atoms in total. The van der Waals surface area contributed by atoms with Gasteiger partial charge in [0.1, 0.15) is 0 Å². The lowest BCUT2D eigenvalue weighted by molar-refractivity contribution is -0.165. The Labute approximate surface area is 123 Å². The highest BCUT2D eigenvalue weighted by Gasteiger charge is 2.40. The Morgan fingerprint density at radius 1 is 1.38 bits per heavy atom. The summed E-state index contributed by atoms with van der Waals surface area (Å²) < 4.78 is 31.8. The Balaban J connectivity index is 2.07. The second-order valence-corrected chi connectivity index (χ2v) is 5.74. The van der Waals surface area contributed by atoms with Crippen molar-refractivity contribution in [3.05, 3.63) is 35.4 Å². The molecule has 2 rings (SSSR count). The van der Waals surface area contributed by atoms with Gasteiger partial charge in [0.25, 0.3) is 5.91 Å². The maximum absolute atomic E-state index is 13.2. The quantitative estimate of drug-likeness (QED) is 0.850. The molecule has 1 aliphatic rings. The van der Waals surface area contributed by atoms with E-state index in [1.165, 1.54) is 11.0 Å². The van der Waals surface area contributed by atoms with E-state index >= 15 is 0 Å². The number of hydrogen-bond donors (Lipinski definition) is 0. The molecular formula is C15H20F2N2O2. The molecule has 0 radical (unpaired) electrons. The van der Waals surface area contributed by atoms with Crippen LogP contribution in [-0.4, -0.2) is 55.1 Å². The molecule has 6 heteroatoms. The molecule has 21 heavy (non-hydrogen) atoms. The molecule has 0 unspecified atom stereocenters. The summed E-state index contributed by atoms with van der Waals surface area (Å²) in [6.45, 7) is 3.71. The minimum atomic E-state index is -0.902. The van der Waals surface area contributed by atoms with Gasteiger partial charge in [0.2, 0.25) is 0 Å². The largest absolute Gasteiger partial charge is 0.363 e. The van der Waals surface area contributed by atoms with Crippen LogP contribution >= 0.6 is 0 Å². The van der Waals surface area contributed by atoms with Crippen LogP contribution in [0.5, 0.6) is 0 Å². The number of hydrogen-bond acceptors (Lipinski definition) is 3. The van der Waals surface area contributed by atoms with E-state index in [0.29, 0.717) is 31.8 Å². The zero-order chi connectivity index (χ0) is 15.6. The number of carbonyl (C=O) groups is 1. The molecule has 1 atom stereocenters. The fourth-order valence-electron chi connectivity index (χ4n) is 2.58. The Hall–Kier alpha value is -1.53. The summed E-state index contributed by atoms with van der Waals surface area (Å²) in [6.07, 6.45) is 0. The van der Waals surface area contributed by atoms with Crippen LogP contribution in [0.4, 0.5) is 8.78 Å². The fourth-order valence-corrected chi connectivity index (χ4v) is 2.58. The molecule has 116 valence electrons. The van der Waals surface area contributed by atoms with Crippen molar-refractivity contribution < 1.29 is 18.3 Å². The number of morpholine rings is 1. The van der Waals surface area contributed by atoms with Crippen molar-refractivity contribution in [2.75, 3.05) is 33.8 Å². The number of nitrogens with zero attached hydrogens (tertiary/aromatic N) is 2. The third-order valence-corrected chi connectivity index (χ3v) is 3.60. The molecule has 0 bridgehead atoms. The number of amides is 1. The number of carbonyl (C=O) groups excluding carboxylic acids is 1. The van der Waals surface area contributed by atoms with E-state index in [-0.39, 0.29) is 5.91 Å². The fraction of sp³-hybridized carbons (Fsp3) is 0.533. The predicted molar refractivity (Wildman–Crippen MR) is 74.7 cm³/mol. The van der Waals surface area contributed by atoms with E-state index in [1.54, 1.807) is 27.1 Å². The van der Waals surface area contributed by atoms with Gasteiger partial charge >= 0.3 is 0 Å². The third kappa shape index (κ3) is 3.57. The van der Waals surface area contributed by atoms with E-state index in [4.69, 9.17) is 4.74 Å². The molecule has 0 aromatic heterocycles. The number of halogens is 2. The summed E-state index contributed by atoms with van der Waals surface area (Å²) in [5, 5.41) is 0.